The lowest BCUT2D eigenvalue weighted by molar-refractivity contribution is -0.120. The van der Waals surface area contributed by atoms with E-state index in [-0.39, 0.29) is 18.4 Å². The summed E-state index contributed by atoms with van der Waals surface area (Å²) in [6.45, 7) is 5.40. The van der Waals surface area contributed by atoms with Gasteiger partial charge in [-0.25, -0.2) is 0 Å². The van der Waals surface area contributed by atoms with Gasteiger partial charge >= 0.3 is 0 Å². The van der Waals surface area contributed by atoms with Crippen LogP contribution in [-0.2, 0) is 9.59 Å². The number of hydrogen-bond acceptors (Lipinski definition) is 3. The fourth-order valence-corrected chi connectivity index (χ4v) is 2.68. The molecule has 5 heteroatoms. The average molecular weight is 339 g/mol. The number of nitrogens with zero attached hydrogens (tertiary/aromatic N) is 2. The van der Waals surface area contributed by atoms with Gasteiger partial charge in [-0.3, -0.25) is 9.59 Å². The first-order chi connectivity index (χ1) is 11.8. The van der Waals surface area contributed by atoms with Crippen LogP contribution in [0.3, 0.4) is 0 Å². The normalized spacial score (nSPS) is 10.3. The zero-order valence-electron chi connectivity index (χ0n) is 15.5. The van der Waals surface area contributed by atoms with Crippen molar-refractivity contribution in [3.63, 3.8) is 0 Å². The lowest BCUT2D eigenvalue weighted by atomic mass is 10.1. The molecule has 132 valence electrons. The number of hydrogen-bond donors (Lipinski definition) is 1. The molecule has 0 aliphatic heterocycles. The second-order valence-electron chi connectivity index (χ2n) is 6.44. The first-order valence-corrected chi connectivity index (χ1v) is 8.20. The number of nitrogens with one attached hydrogen (secondary N) is 1. The number of carbonyl (C=O) groups is 2. The third kappa shape index (κ3) is 5.08. The Bertz CT molecular complexity index is 747. The standard InChI is InChI=1S/C20H25N3O2/c1-14-10-15(2)12-19(11-14)23(16(3)24)13-20(25)21-17-6-8-18(9-7-17)22(4)5/h6-12H,13H2,1-5H3,(H,21,25). The van der Waals surface area contributed by atoms with Gasteiger partial charge in [0.2, 0.25) is 11.8 Å². The summed E-state index contributed by atoms with van der Waals surface area (Å²) in [5, 5.41) is 2.84. The number of amides is 2. The molecular formula is C20H25N3O2. The molecule has 2 amide bonds. The Kier molecular flexibility index (Phi) is 5.80. The van der Waals surface area contributed by atoms with Crippen molar-refractivity contribution in [2.45, 2.75) is 20.8 Å². The highest BCUT2D eigenvalue weighted by molar-refractivity contribution is 6.01. The number of anilines is 3. The van der Waals surface area contributed by atoms with E-state index >= 15 is 0 Å². The summed E-state index contributed by atoms with van der Waals surface area (Å²) in [5.41, 5.74) is 4.61. The van der Waals surface area contributed by atoms with E-state index in [1.54, 1.807) is 0 Å². The van der Waals surface area contributed by atoms with Crippen molar-refractivity contribution in [3.8, 4) is 0 Å². The predicted molar refractivity (Wildman–Crippen MR) is 103 cm³/mol. The van der Waals surface area contributed by atoms with Crippen LogP contribution in [0.25, 0.3) is 0 Å². The van der Waals surface area contributed by atoms with E-state index in [9.17, 15) is 9.59 Å². The molecule has 5 nitrogen and oxygen atoms in total. The largest absolute Gasteiger partial charge is 0.378 e. The molecule has 0 unspecified atom stereocenters. The average Bonchev–Trinajstić information content (AvgIpc) is 2.51. The minimum absolute atomic E-state index is 0.0202. The van der Waals surface area contributed by atoms with Gasteiger partial charge in [-0.05, 0) is 61.4 Å². The fraction of sp³-hybridized carbons (Fsp3) is 0.300. The second kappa shape index (κ2) is 7.83. The van der Waals surface area contributed by atoms with Crippen LogP contribution >= 0.6 is 0 Å². The molecule has 2 rings (SSSR count). The molecule has 1 N–H and O–H groups in total. The van der Waals surface area contributed by atoms with E-state index in [1.807, 2.05) is 75.3 Å². The van der Waals surface area contributed by atoms with Crippen LogP contribution in [0.5, 0.6) is 0 Å². The minimum atomic E-state index is -0.230. The highest BCUT2D eigenvalue weighted by Gasteiger charge is 2.16. The smallest absolute Gasteiger partial charge is 0.244 e. The van der Waals surface area contributed by atoms with Gasteiger partial charge in [-0.15, -0.1) is 0 Å². The maximum Gasteiger partial charge on any atom is 0.244 e. The molecule has 0 saturated heterocycles. The Morgan fingerprint density at radius 2 is 1.48 bits per heavy atom. The fourth-order valence-electron chi connectivity index (χ4n) is 2.68. The Labute approximate surface area is 149 Å². The zero-order chi connectivity index (χ0) is 18.6. The highest BCUT2D eigenvalue weighted by Crippen LogP contribution is 2.20. The van der Waals surface area contributed by atoms with Crippen molar-refractivity contribution in [1.29, 1.82) is 0 Å². The van der Waals surface area contributed by atoms with Crippen molar-refractivity contribution in [2.75, 3.05) is 35.8 Å². The summed E-state index contributed by atoms with van der Waals surface area (Å²) in [7, 11) is 3.92. The molecule has 0 heterocycles. The third-order valence-electron chi connectivity index (χ3n) is 3.87. The lowest BCUT2D eigenvalue weighted by Gasteiger charge is -2.22. The van der Waals surface area contributed by atoms with Crippen molar-refractivity contribution in [1.82, 2.24) is 0 Å². The van der Waals surface area contributed by atoms with E-state index in [0.29, 0.717) is 5.69 Å². The molecule has 0 fully saturated rings. The van der Waals surface area contributed by atoms with Gasteiger partial charge in [-0.2, -0.15) is 0 Å². The Morgan fingerprint density at radius 1 is 0.920 bits per heavy atom. The zero-order valence-corrected chi connectivity index (χ0v) is 15.5. The van der Waals surface area contributed by atoms with E-state index in [4.69, 9.17) is 0 Å². The van der Waals surface area contributed by atoms with Gasteiger partial charge in [0.25, 0.3) is 0 Å². The molecule has 0 aromatic heterocycles. The lowest BCUT2D eigenvalue weighted by Crippen LogP contribution is -2.36. The molecule has 0 bridgehead atoms. The van der Waals surface area contributed by atoms with Crippen LogP contribution in [0.2, 0.25) is 0 Å². The van der Waals surface area contributed by atoms with Crippen molar-refractivity contribution in [3.05, 3.63) is 53.6 Å². The topological polar surface area (TPSA) is 52.7 Å². The predicted octanol–water partition coefficient (Wildman–Crippen LogP) is 3.36. The quantitative estimate of drug-likeness (QED) is 0.909. The van der Waals surface area contributed by atoms with Crippen molar-refractivity contribution < 1.29 is 9.59 Å². The summed E-state index contributed by atoms with van der Waals surface area (Å²) in [6.07, 6.45) is 0. The Hall–Kier alpha value is -2.82. The number of carbonyl (C=O) groups excluding carboxylic acids is 2. The van der Waals surface area contributed by atoms with Crippen LogP contribution in [0, 0.1) is 13.8 Å². The summed E-state index contributed by atoms with van der Waals surface area (Å²) in [5.74, 6) is -0.393. The van der Waals surface area contributed by atoms with E-state index in [2.05, 4.69) is 5.32 Å². The van der Waals surface area contributed by atoms with Crippen molar-refractivity contribution >= 4 is 28.9 Å². The first-order valence-electron chi connectivity index (χ1n) is 8.20. The van der Waals surface area contributed by atoms with Gasteiger partial charge < -0.3 is 15.1 Å². The van der Waals surface area contributed by atoms with Crippen LogP contribution in [0.4, 0.5) is 17.1 Å². The number of benzene rings is 2. The minimum Gasteiger partial charge on any atom is -0.378 e. The van der Waals surface area contributed by atoms with Gasteiger partial charge in [0.1, 0.15) is 6.54 Å². The number of aryl methyl sites for hydroxylation is 2. The maximum absolute atomic E-state index is 12.4. The summed E-state index contributed by atoms with van der Waals surface area (Å²) in [4.78, 5) is 27.9. The van der Waals surface area contributed by atoms with E-state index < -0.39 is 0 Å². The SMILES string of the molecule is CC(=O)N(CC(=O)Nc1ccc(N(C)C)cc1)c1cc(C)cc(C)c1. The molecule has 0 aliphatic carbocycles. The highest BCUT2D eigenvalue weighted by atomic mass is 16.2. The van der Waals surface area contributed by atoms with Gasteiger partial charge in [0.05, 0.1) is 0 Å². The van der Waals surface area contributed by atoms with E-state index in [0.717, 1.165) is 22.5 Å². The van der Waals surface area contributed by atoms with Crippen LogP contribution in [0.1, 0.15) is 18.1 Å². The molecule has 2 aromatic rings. The first kappa shape index (κ1) is 18.5. The third-order valence-corrected chi connectivity index (χ3v) is 3.87. The van der Waals surface area contributed by atoms with Gasteiger partial charge in [0, 0.05) is 38.1 Å². The van der Waals surface area contributed by atoms with Gasteiger partial charge in [0.15, 0.2) is 0 Å². The number of rotatable bonds is 5. The van der Waals surface area contributed by atoms with Crippen LogP contribution in [0.15, 0.2) is 42.5 Å². The molecular weight excluding hydrogens is 314 g/mol. The van der Waals surface area contributed by atoms with E-state index in [1.165, 1.54) is 11.8 Å². The summed E-state index contributed by atoms with van der Waals surface area (Å²) >= 11 is 0. The molecule has 0 atom stereocenters. The Balaban J connectivity index is 2.11. The molecule has 0 radical (unpaired) electrons. The molecule has 25 heavy (non-hydrogen) atoms. The Morgan fingerprint density at radius 3 is 1.96 bits per heavy atom. The monoisotopic (exact) mass is 339 g/mol. The van der Waals surface area contributed by atoms with Crippen LogP contribution in [-0.4, -0.2) is 32.5 Å². The van der Waals surface area contributed by atoms with Gasteiger partial charge in [-0.1, -0.05) is 6.07 Å². The second-order valence-corrected chi connectivity index (χ2v) is 6.44. The van der Waals surface area contributed by atoms with Crippen molar-refractivity contribution in [2.24, 2.45) is 0 Å². The maximum atomic E-state index is 12.4. The molecule has 0 aliphatic rings. The summed E-state index contributed by atoms with van der Waals surface area (Å²) in [6, 6.07) is 13.4. The summed E-state index contributed by atoms with van der Waals surface area (Å²) < 4.78 is 0. The molecule has 2 aromatic carbocycles. The molecule has 0 spiro atoms. The molecule has 0 saturated carbocycles. The van der Waals surface area contributed by atoms with Crippen LogP contribution < -0.4 is 15.1 Å².